The Balaban J connectivity index is 1.99. The summed E-state index contributed by atoms with van der Waals surface area (Å²) in [5.74, 6) is 2.09. The van der Waals surface area contributed by atoms with Crippen molar-refractivity contribution in [2.24, 2.45) is 0 Å². The number of aryl methyl sites for hydroxylation is 1. The summed E-state index contributed by atoms with van der Waals surface area (Å²) in [6.45, 7) is 0. The number of halogens is 2. The molecule has 1 aromatic heterocycles. The van der Waals surface area contributed by atoms with Crippen LogP contribution in [0.2, 0.25) is 5.28 Å². The van der Waals surface area contributed by atoms with Crippen molar-refractivity contribution in [3.05, 3.63) is 11.0 Å². The molecule has 2 aliphatic heterocycles. The SMILES string of the molecule is Clc1nc2c(c(NC3C[I-]3)n1)SCC2. The monoisotopic (exact) mass is 340 g/mol. The summed E-state index contributed by atoms with van der Waals surface area (Å²) in [5.41, 5.74) is 1.12. The van der Waals surface area contributed by atoms with Gasteiger partial charge in [-0.3, -0.25) is 0 Å². The number of fused-ring (bicyclic) bond motifs is 1. The maximum atomic E-state index is 5.87. The fourth-order valence-corrected chi connectivity index (χ4v) is 3.64. The van der Waals surface area contributed by atoms with E-state index in [1.54, 1.807) is 0 Å². The molecule has 1 atom stereocenters. The average Bonchev–Trinajstić information content (AvgIpc) is 2.81. The summed E-state index contributed by atoms with van der Waals surface area (Å²) in [4.78, 5) is 9.74. The first kappa shape index (κ1) is 9.47. The van der Waals surface area contributed by atoms with Crippen molar-refractivity contribution in [1.29, 1.82) is 0 Å². The molecule has 3 rings (SSSR count). The Kier molecular flexibility index (Phi) is 2.49. The van der Waals surface area contributed by atoms with E-state index in [0.29, 0.717) is 26.5 Å². The number of nitrogens with one attached hydrogen (secondary N) is 1. The Morgan fingerprint density at radius 1 is 1.50 bits per heavy atom. The minimum absolute atomic E-state index is 0.382. The van der Waals surface area contributed by atoms with Crippen LogP contribution in [-0.4, -0.2) is 24.2 Å². The quantitative estimate of drug-likeness (QED) is 0.312. The van der Waals surface area contributed by atoms with Crippen LogP contribution in [0.5, 0.6) is 0 Å². The number of aromatic nitrogens is 2. The summed E-state index contributed by atoms with van der Waals surface area (Å²) in [6.07, 6.45) is 1.02. The fourth-order valence-electron chi connectivity index (χ4n) is 1.41. The van der Waals surface area contributed by atoms with Crippen LogP contribution < -0.4 is 26.5 Å². The second-order valence-electron chi connectivity index (χ2n) is 3.14. The van der Waals surface area contributed by atoms with Crippen LogP contribution in [0.4, 0.5) is 5.82 Å². The van der Waals surface area contributed by atoms with Crippen molar-refractivity contribution in [3.8, 4) is 0 Å². The molecule has 3 heterocycles. The van der Waals surface area contributed by atoms with Crippen molar-refractivity contribution in [3.63, 3.8) is 0 Å². The zero-order chi connectivity index (χ0) is 9.54. The molecule has 6 heteroatoms. The Hall–Kier alpha value is 0.250. The molecular formula is C8H8ClIN3S-. The van der Waals surface area contributed by atoms with E-state index in [1.807, 2.05) is 11.8 Å². The second kappa shape index (κ2) is 3.68. The van der Waals surface area contributed by atoms with E-state index < -0.39 is 0 Å². The van der Waals surface area contributed by atoms with Gasteiger partial charge in [-0.1, -0.05) is 0 Å². The first-order valence-electron chi connectivity index (χ1n) is 4.36. The van der Waals surface area contributed by atoms with Crippen molar-refractivity contribution >= 4 is 29.2 Å². The summed E-state index contributed by atoms with van der Waals surface area (Å²) >= 11 is 8.12. The summed E-state index contributed by atoms with van der Waals surface area (Å²) in [6, 6.07) is 0. The molecule has 0 amide bonds. The standard InChI is InChI=1S/C8H8ClIN3S/c9-8-11-4-1-2-14-6(4)7(13-8)12-5-3-10-5/h5H,1-3H2,(H,11,12,13)/q-1. The third-order valence-electron chi connectivity index (χ3n) is 2.10. The van der Waals surface area contributed by atoms with Gasteiger partial charge in [0.2, 0.25) is 0 Å². The Bertz CT molecular complexity index is 383. The molecular weight excluding hydrogens is 333 g/mol. The zero-order valence-corrected chi connectivity index (χ0v) is 11.0. The molecule has 0 bridgehead atoms. The van der Waals surface area contributed by atoms with Crippen LogP contribution in [-0.2, 0) is 6.42 Å². The van der Waals surface area contributed by atoms with Crippen molar-refractivity contribution in [2.45, 2.75) is 15.4 Å². The van der Waals surface area contributed by atoms with Gasteiger partial charge in [0.25, 0.3) is 0 Å². The average molecular weight is 341 g/mol. The summed E-state index contributed by atoms with van der Waals surface area (Å²) in [7, 11) is 0. The van der Waals surface area contributed by atoms with Crippen molar-refractivity contribution in [1.82, 2.24) is 9.97 Å². The topological polar surface area (TPSA) is 37.8 Å². The van der Waals surface area contributed by atoms with Crippen LogP contribution in [0.15, 0.2) is 4.90 Å². The maximum absolute atomic E-state index is 5.87. The molecule has 1 saturated heterocycles. The number of nitrogens with zero attached hydrogens (tertiary/aromatic N) is 2. The van der Waals surface area contributed by atoms with Crippen LogP contribution >= 0.6 is 23.4 Å². The van der Waals surface area contributed by atoms with Crippen LogP contribution in [0.3, 0.4) is 0 Å². The third-order valence-corrected chi connectivity index (χ3v) is 5.46. The van der Waals surface area contributed by atoms with Crippen LogP contribution in [0.25, 0.3) is 0 Å². The normalized spacial score (nSPS) is 23.9. The van der Waals surface area contributed by atoms with E-state index >= 15 is 0 Å². The van der Waals surface area contributed by atoms with Gasteiger partial charge in [0, 0.05) is 0 Å². The molecule has 0 aliphatic carbocycles. The number of alkyl halides is 2. The molecule has 0 radical (unpaired) electrons. The molecule has 14 heavy (non-hydrogen) atoms. The van der Waals surface area contributed by atoms with E-state index in [0.717, 1.165) is 27.7 Å². The predicted molar refractivity (Wildman–Crippen MR) is 53.7 cm³/mol. The number of anilines is 1. The van der Waals surface area contributed by atoms with Gasteiger partial charge >= 0.3 is 102 Å². The summed E-state index contributed by atoms with van der Waals surface area (Å²) < 4.78 is 2.09. The predicted octanol–water partition coefficient (Wildman–Crippen LogP) is -1.38. The van der Waals surface area contributed by atoms with Gasteiger partial charge in [-0.25, -0.2) is 0 Å². The third kappa shape index (κ3) is 1.81. The van der Waals surface area contributed by atoms with Gasteiger partial charge in [0.15, 0.2) is 0 Å². The van der Waals surface area contributed by atoms with E-state index in [-0.39, 0.29) is 0 Å². The van der Waals surface area contributed by atoms with Gasteiger partial charge in [-0.05, 0) is 0 Å². The van der Waals surface area contributed by atoms with Crippen molar-refractivity contribution < 1.29 is 21.2 Å². The van der Waals surface area contributed by atoms with E-state index in [9.17, 15) is 0 Å². The molecule has 2 aliphatic rings. The zero-order valence-electron chi connectivity index (χ0n) is 7.26. The number of rotatable bonds is 2. The Morgan fingerprint density at radius 3 is 3.14 bits per heavy atom. The molecule has 0 saturated carbocycles. The van der Waals surface area contributed by atoms with Gasteiger partial charge < -0.3 is 0 Å². The van der Waals surface area contributed by atoms with E-state index in [4.69, 9.17) is 11.6 Å². The first-order valence-corrected chi connectivity index (χ1v) is 8.50. The Labute approximate surface area is 102 Å². The molecule has 1 unspecified atom stereocenters. The van der Waals surface area contributed by atoms with Crippen LogP contribution in [0, 0.1) is 0 Å². The van der Waals surface area contributed by atoms with Crippen molar-refractivity contribution in [2.75, 3.05) is 15.5 Å². The molecule has 0 aromatic carbocycles. The summed E-state index contributed by atoms with van der Waals surface area (Å²) in [5, 5.41) is 3.83. The molecule has 76 valence electrons. The van der Waals surface area contributed by atoms with Gasteiger partial charge in [-0.2, -0.15) is 0 Å². The number of hydrogen-bond acceptors (Lipinski definition) is 4. The second-order valence-corrected chi connectivity index (χ2v) is 7.84. The van der Waals surface area contributed by atoms with Crippen LogP contribution in [0.1, 0.15) is 5.69 Å². The van der Waals surface area contributed by atoms with E-state index in [1.165, 1.54) is 9.32 Å². The molecule has 0 spiro atoms. The Morgan fingerprint density at radius 2 is 2.36 bits per heavy atom. The van der Waals surface area contributed by atoms with Gasteiger partial charge in [-0.15, -0.1) is 0 Å². The fraction of sp³-hybridized carbons (Fsp3) is 0.500. The van der Waals surface area contributed by atoms with E-state index in [2.05, 4.69) is 15.3 Å². The van der Waals surface area contributed by atoms with Gasteiger partial charge in [0.05, 0.1) is 0 Å². The molecule has 1 aromatic rings. The molecule has 1 fully saturated rings. The number of hydrogen-bond donors (Lipinski definition) is 1. The first-order chi connectivity index (χ1) is 6.83. The number of thioether (sulfide) groups is 1. The molecule has 3 nitrogen and oxygen atoms in total. The molecule has 1 N–H and O–H groups in total. The minimum atomic E-state index is 0.382. The van der Waals surface area contributed by atoms with Gasteiger partial charge in [0.1, 0.15) is 0 Å².